The predicted molar refractivity (Wildman–Crippen MR) is 94.4 cm³/mol. The number of hydrogen-bond donors (Lipinski definition) is 1. The Balaban J connectivity index is 1.87. The summed E-state index contributed by atoms with van der Waals surface area (Å²) >= 11 is 0. The molecule has 1 atom stereocenters. The summed E-state index contributed by atoms with van der Waals surface area (Å²) < 4.78 is 1.60. The maximum Gasteiger partial charge on any atom is 0.261 e. The van der Waals surface area contributed by atoms with Crippen LogP contribution in [0.25, 0.3) is 10.9 Å². The normalized spacial score (nSPS) is 17.3. The molecule has 7 nitrogen and oxygen atoms in total. The van der Waals surface area contributed by atoms with E-state index in [1.807, 2.05) is 18.2 Å². The van der Waals surface area contributed by atoms with Crippen LogP contribution in [-0.2, 0) is 6.54 Å². The van der Waals surface area contributed by atoms with Crippen LogP contribution in [0.15, 0.2) is 47.7 Å². The van der Waals surface area contributed by atoms with Crippen molar-refractivity contribution in [1.82, 2.24) is 19.5 Å². The van der Waals surface area contributed by atoms with Gasteiger partial charge in [-0.3, -0.25) is 14.3 Å². The van der Waals surface area contributed by atoms with Crippen molar-refractivity contribution in [2.24, 2.45) is 0 Å². The smallest absolute Gasteiger partial charge is 0.261 e. The highest BCUT2D eigenvalue weighted by Crippen LogP contribution is 2.34. The lowest BCUT2D eigenvalue weighted by atomic mass is 10.1. The van der Waals surface area contributed by atoms with Crippen LogP contribution in [0.3, 0.4) is 0 Å². The Morgan fingerprint density at radius 1 is 1.24 bits per heavy atom. The first kappa shape index (κ1) is 15.7. The van der Waals surface area contributed by atoms with Crippen LogP contribution in [0.2, 0.25) is 0 Å². The number of anilines is 1. The monoisotopic (exact) mass is 337 g/mol. The van der Waals surface area contributed by atoms with Crippen molar-refractivity contribution >= 4 is 16.7 Å². The van der Waals surface area contributed by atoms with E-state index in [0.29, 0.717) is 16.7 Å². The lowest BCUT2D eigenvalue weighted by Crippen LogP contribution is -2.33. The molecule has 0 bridgehead atoms. The Morgan fingerprint density at radius 3 is 2.92 bits per heavy atom. The zero-order valence-corrected chi connectivity index (χ0v) is 13.7. The summed E-state index contributed by atoms with van der Waals surface area (Å²) in [7, 11) is 0. The minimum Gasteiger partial charge on any atom is -0.395 e. The zero-order valence-electron chi connectivity index (χ0n) is 13.7. The van der Waals surface area contributed by atoms with Gasteiger partial charge >= 0.3 is 0 Å². The third kappa shape index (κ3) is 2.76. The van der Waals surface area contributed by atoms with Crippen molar-refractivity contribution in [3.63, 3.8) is 0 Å². The van der Waals surface area contributed by atoms with E-state index >= 15 is 0 Å². The average Bonchev–Trinajstić information content (AvgIpc) is 3.14. The summed E-state index contributed by atoms with van der Waals surface area (Å²) in [5.41, 5.74) is 0.573. The minimum absolute atomic E-state index is 0.0550. The summed E-state index contributed by atoms with van der Waals surface area (Å²) in [4.78, 5) is 28.4. The standard InChI is InChI=1S/C18H19N5O2/c24-11-10-23-17(21-14-5-2-1-4-13(14)18(23)25)15-6-3-9-22(15)16-12-19-7-8-20-16/h1-2,4-5,7-8,12,15,24H,3,6,9-11H2. The third-order valence-electron chi connectivity index (χ3n) is 4.61. The second-order valence-electron chi connectivity index (χ2n) is 6.08. The summed E-state index contributed by atoms with van der Waals surface area (Å²) in [5.74, 6) is 1.46. The number of fused-ring (bicyclic) bond motifs is 1. The fraction of sp³-hybridized carbons (Fsp3) is 0.333. The Labute approximate surface area is 144 Å². The lowest BCUT2D eigenvalue weighted by Gasteiger charge is -2.27. The SMILES string of the molecule is O=c1c2ccccc2nc(C2CCCN2c2cnccn2)n1CCO. The molecule has 0 saturated carbocycles. The number of aromatic nitrogens is 4. The van der Waals surface area contributed by atoms with Gasteiger partial charge in [-0.15, -0.1) is 0 Å². The van der Waals surface area contributed by atoms with Gasteiger partial charge < -0.3 is 10.0 Å². The molecule has 1 fully saturated rings. The van der Waals surface area contributed by atoms with Crippen molar-refractivity contribution in [1.29, 1.82) is 0 Å². The molecule has 25 heavy (non-hydrogen) atoms. The fourth-order valence-corrected chi connectivity index (χ4v) is 3.50. The largest absolute Gasteiger partial charge is 0.395 e. The average molecular weight is 337 g/mol. The first-order chi connectivity index (χ1) is 12.3. The Kier molecular flexibility index (Phi) is 4.15. The molecular weight excluding hydrogens is 318 g/mol. The number of hydrogen-bond acceptors (Lipinski definition) is 6. The van der Waals surface area contributed by atoms with E-state index in [9.17, 15) is 9.90 Å². The maximum atomic E-state index is 12.9. The lowest BCUT2D eigenvalue weighted by molar-refractivity contribution is 0.270. The van der Waals surface area contributed by atoms with Crippen molar-refractivity contribution in [3.05, 3.63) is 59.0 Å². The van der Waals surface area contributed by atoms with Gasteiger partial charge in [-0.25, -0.2) is 9.97 Å². The highest BCUT2D eigenvalue weighted by molar-refractivity contribution is 5.77. The van der Waals surface area contributed by atoms with Crippen molar-refractivity contribution in [2.45, 2.75) is 25.4 Å². The minimum atomic E-state index is -0.111. The van der Waals surface area contributed by atoms with Crippen LogP contribution in [0.5, 0.6) is 0 Å². The molecule has 7 heteroatoms. The number of aliphatic hydroxyl groups is 1. The molecule has 1 aromatic carbocycles. The van der Waals surface area contributed by atoms with Crippen LogP contribution < -0.4 is 10.5 Å². The van der Waals surface area contributed by atoms with Crippen LogP contribution >= 0.6 is 0 Å². The molecule has 3 heterocycles. The summed E-state index contributed by atoms with van der Waals surface area (Å²) in [6.07, 6.45) is 6.91. The van der Waals surface area contributed by atoms with Crippen molar-refractivity contribution in [3.8, 4) is 0 Å². The van der Waals surface area contributed by atoms with Crippen LogP contribution in [0.1, 0.15) is 24.7 Å². The van der Waals surface area contributed by atoms with E-state index in [4.69, 9.17) is 4.98 Å². The number of benzene rings is 1. The second-order valence-corrected chi connectivity index (χ2v) is 6.08. The first-order valence-electron chi connectivity index (χ1n) is 8.42. The quantitative estimate of drug-likeness (QED) is 0.777. The Bertz CT molecular complexity index is 941. The Hall–Kier alpha value is -2.80. The third-order valence-corrected chi connectivity index (χ3v) is 4.61. The molecule has 1 aliphatic rings. The van der Waals surface area contributed by atoms with E-state index in [1.165, 1.54) is 0 Å². The highest BCUT2D eigenvalue weighted by atomic mass is 16.3. The van der Waals surface area contributed by atoms with Gasteiger partial charge in [0.05, 0.1) is 36.3 Å². The molecule has 1 aliphatic heterocycles. The molecule has 4 rings (SSSR count). The highest BCUT2D eigenvalue weighted by Gasteiger charge is 2.31. The molecule has 1 unspecified atom stereocenters. The molecule has 0 aliphatic carbocycles. The molecule has 2 aromatic heterocycles. The fourth-order valence-electron chi connectivity index (χ4n) is 3.50. The van der Waals surface area contributed by atoms with Crippen molar-refractivity contribution in [2.75, 3.05) is 18.1 Å². The molecule has 1 N–H and O–H groups in total. The van der Waals surface area contributed by atoms with E-state index in [2.05, 4.69) is 14.9 Å². The van der Waals surface area contributed by atoms with Gasteiger partial charge in [0.15, 0.2) is 0 Å². The van der Waals surface area contributed by atoms with E-state index in [1.54, 1.807) is 29.2 Å². The zero-order chi connectivity index (χ0) is 17.2. The van der Waals surface area contributed by atoms with E-state index < -0.39 is 0 Å². The maximum absolute atomic E-state index is 12.9. The van der Waals surface area contributed by atoms with Crippen LogP contribution in [-0.4, -0.2) is 37.8 Å². The second kappa shape index (κ2) is 6.60. The van der Waals surface area contributed by atoms with Crippen LogP contribution in [0, 0.1) is 0 Å². The van der Waals surface area contributed by atoms with Gasteiger partial charge in [-0.05, 0) is 25.0 Å². The Morgan fingerprint density at radius 2 is 2.12 bits per heavy atom. The summed E-state index contributed by atoms with van der Waals surface area (Å²) in [5, 5.41) is 10.0. The van der Waals surface area contributed by atoms with Gasteiger partial charge in [0.1, 0.15) is 11.6 Å². The molecular formula is C18H19N5O2. The van der Waals surface area contributed by atoms with Gasteiger partial charge in [0, 0.05) is 18.9 Å². The van der Waals surface area contributed by atoms with Crippen LogP contribution in [0.4, 0.5) is 5.82 Å². The van der Waals surface area contributed by atoms with E-state index in [0.717, 1.165) is 25.2 Å². The number of rotatable bonds is 4. The van der Waals surface area contributed by atoms with Gasteiger partial charge in [-0.2, -0.15) is 0 Å². The number of nitrogens with zero attached hydrogens (tertiary/aromatic N) is 5. The van der Waals surface area contributed by atoms with Gasteiger partial charge in [-0.1, -0.05) is 12.1 Å². The summed E-state index contributed by atoms with van der Waals surface area (Å²) in [6.45, 7) is 0.965. The van der Waals surface area contributed by atoms with E-state index in [-0.39, 0.29) is 24.8 Å². The molecule has 3 aromatic rings. The summed E-state index contributed by atoms with van der Waals surface area (Å²) in [6, 6.07) is 7.28. The number of aliphatic hydroxyl groups excluding tert-OH is 1. The molecule has 0 spiro atoms. The van der Waals surface area contributed by atoms with Gasteiger partial charge in [0.25, 0.3) is 5.56 Å². The molecule has 0 amide bonds. The first-order valence-corrected chi connectivity index (χ1v) is 8.42. The topological polar surface area (TPSA) is 84.1 Å². The molecule has 128 valence electrons. The molecule has 0 radical (unpaired) electrons. The van der Waals surface area contributed by atoms with Crippen molar-refractivity contribution < 1.29 is 5.11 Å². The number of para-hydroxylation sites is 1. The predicted octanol–water partition coefficient (Wildman–Crippen LogP) is 1.52. The van der Waals surface area contributed by atoms with Gasteiger partial charge in [0.2, 0.25) is 0 Å². The molecule has 1 saturated heterocycles.